The van der Waals surface area contributed by atoms with E-state index in [2.05, 4.69) is 20.5 Å². The van der Waals surface area contributed by atoms with E-state index in [0.29, 0.717) is 29.1 Å². The number of rotatable bonds is 6. The molecule has 0 fully saturated rings. The highest BCUT2D eigenvalue weighted by molar-refractivity contribution is 7.13. The molecule has 0 bridgehead atoms. The second kappa shape index (κ2) is 7.43. The average molecular weight is 411 g/mol. The van der Waals surface area contributed by atoms with Gasteiger partial charge in [0, 0.05) is 12.7 Å². The van der Waals surface area contributed by atoms with Crippen molar-refractivity contribution in [1.82, 2.24) is 29.7 Å². The van der Waals surface area contributed by atoms with Crippen molar-refractivity contribution in [3.05, 3.63) is 63.0 Å². The summed E-state index contributed by atoms with van der Waals surface area (Å²) in [6.07, 6.45) is 3.14. The second-order valence-corrected chi connectivity index (χ2v) is 7.30. The third-order valence-electron chi connectivity index (χ3n) is 4.55. The maximum absolute atomic E-state index is 12.6. The van der Waals surface area contributed by atoms with Gasteiger partial charge in [-0.15, -0.1) is 11.3 Å². The van der Waals surface area contributed by atoms with Crippen LogP contribution in [0.25, 0.3) is 16.2 Å². The SMILES string of the molecule is Cc1nn(CCNC(=O)c2cnn3c(-c4cccs4)ccnc23)c(C)c1[N+](=O)[O-]. The summed E-state index contributed by atoms with van der Waals surface area (Å²) in [4.78, 5) is 28.6. The van der Waals surface area contributed by atoms with Crippen LogP contribution in [0.4, 0.5) is 5.69 Å². The molecule has 0 radical (unpaired) electrons. The van der Waals surface area contributed by atoms with Gasteiger partial charge >= 0.3 is 5.69 Å². The minimum atomic E-state index is -0.442. The third kappa shape index (κ3) is 3.36. The number of nitrogens with zero attached hydrogens (tertiary/aromatic N) is 6. The lowest BCUT2D eigenvalue weighted by Gasteiger charge is -2.06. The summed E-state index contributed by atoms with van der Waals surface area (Å²) in [6.45, 7) is 3.82. The zero-order valence-electron chi connectivity index (χ0n) is 15.7. The minimum Gasteiger partial charge on any atom is -0.350 e. The molecule has 0 aliphatic heterocycles. The van der Waals surface area contributed by atoms with E-state index >= 15 is 0 Å². The number of hydrogen-bond donors (Lipinski definition) is 1. The lowest BCUT2D eigenvalue weighted by Crippen LogP contribution is -2.27. The van der Waals surface area contributed by atoms with Gasteiger partial charge in [0.15, 0.2) is 5.65 Å². The molecule has 11 heteroatoms. The van der Waals surface area contributed by atoms with E-state index < -0.39 is 4.92 Å². The van der Waals surface area contributed by atoms with Crippen LogP contribution in [0.2, 0.25) is 0 Å². The first-order chi connectivity index (χ1) is 14.0. The number of carbonyl (C=O) groups is 1. The molecule has 148 valence electrons. The van der Waals surface area contributed by atoms with E-state index in [4.69, 9.17) is 0 Å². The van der Waals surface area contributed by atoms with Gasteiger partial charge in [0.1, 0.15) is 17.0 Å². The van der Waals surface area contributed by atoms with Gasteiger partial charge in [-0.25, -0.2) is 9.50 Å². The predicted molar refractivity (Wildman–Crippen MR) is 107 cm³/mol. The van der Waals surface area contributed by atoms with E-state index in [-0.39, 0.29) is 18.1 Å². The third-order valence-corrected chi connectivity index (χ3v) is 5.45. The monoisotopic (exact) mass is 411 g/mol. The lowest BCUT2D eigenvalue weighted by molar-refractivity contribution is -0.386. The number of nitro groups is 1. The van der Waals surface area contributed by atoms with Gasteiger partial charge < -0.3 is 5.32 Å². The van der Waals surface area contributed by atoms with Gasteiger partial charge in [-0.3, -0.25) is 19.6 Å². The molecular weight excluding hydrogens is 394 g/mol. The molecule has 1 N–H and O–H groups in total. The van der Waals surface area contributed by atoms with Crippen LogP contribution in [0.1, 0.15) is 21.7 Å². The summed E-state index contributed by atoms with van der Waals surface area (Å²) < 4.78 is 3.17. The van der Waals surface area contributed by atoms with Crippen molar-refractivity contribution in [3.63, 3.8) is 0 Å². The summed E-state index contributed by atoms with van der Waals surface area (Å²) >= 11 is 1.58. The largest absolute Gasteiger partial charge is 0.350 e. The number of thiophene rings is 1. The Morgan fingerprint density at radius 2 is 2.17 bits per heavy atom. The Morgan fingerprint density at radius 3 is 2.86 bits per heavy atom. The first-order valence-corrected chi connectivity index (χ1v) is 9.68. The van der Waals surface area contributed by atoms with E-state index in [9.17, 15) is 14.9 Å². The molecule has 4 heterocycles. The van der Waals surface area contributed by atoms with Crippen LogP contribution in [0.3, 0.4) is 0 Å². The van der Waals surface area contributed by atoms with Crippen molar-refractivity contribution in [2.24, 2.45) is 0 Å². The van der Waals surface area contributed by atoms with Crippen LogP contribution < -0.4 is 5.32 Å². The Balaban J connectivity index is 1.50. The Morgan fingerprint density at radius 1 is 1.34 bits per heavy atom. The number of aromatic nitrogens is 5. The number of carbonyl (C=O) groups excluding carboxylic acids is 1. The molecule has 1 amide bonds. The van der Waals surface area contributed by atoms with Gasteiger partial charge in [-0.2, -0.15) is 10.2 Å². The Bertz CT molecular complexity index is 1210. The molecule has 0 saturated heterocycles. The smallest absolute Gasteiger partial charge is 0.312 e. The molecule has 4 rings (SSSR count). The number of amides is 1. The maximum Gasteiger partial charge on any atom is 0.312 e. The highest BCUT2D eigenvalue weighted by Gasteiger charge is 2.22. The molecule has 0 saturated carbocycles. The number of nitrogens with one attached hydrogen (secondary N) is 1. The van der Waals surface area contributed by atoms with Crippen LogP contribution in [0, 0.1) is 24.0 Å². The molecule has 0 spiro atoms. The Labute approximate surface area is 169 Å². The topological polar surface area (TPSA) is 120 Å². The fourth-order valence-corrected chi connectivity index (χ4v) is 3.94. The van der Waals surface area contributed by atoms with Crippen LogP contribution in [-0.2, 0) is 6.54 Å². The molecule has 10 nitrogen and oxygen atoms in total. The minimum absolute atomic E-state index is 0.00395. The zero-order valence-corrected chi connectivity index (χ0v) is 16.5. The number of aryl methyl sites for hydroxylation is 1. The van der Waals surface area contributed by atoms with Crippen LogP contribution in [-0.4, -0.2) is 41.8 Å². The lowest BCUT2D eigenvalue weighted by atomic mass is 10.3. The van der Waals surface area contributed by atoms with Crippen molar-refractivity contribution in [2.75, 3.05) is 6.54 Å². The summed E-state index contributed by atoms with van der Waals surface area (Å²) in [5.74, 6) is -0.313. The van der Waals surface area contributed by atoms with Crippen molar-refractivity contribution in [1.29, 1.82) is 0 Å². The molecule has 0 aliphatic rings. The Kier molecular flexibility index (Phi) is 4.80. The zero-order chi connectivity index (χ0) is 20.5. The van der Waals surface area contributed by atoms with Crippen molar-refractivity contribution in [2.45, 2.75) is 20.4 Å². The molecule has 0 unspecified atom stereocenters. The molecule has 4 aromatic heterocycles. The van der Waals surface area contributed by atoms with Gasteiger partial charge in [0.25, 0.3) is 5.91 Å². The fraction of sp³-hybridized carbons (Fsp3) is 0.222. The van der Waals surface area contributed by atoms with E-state index in [1.165, 1.54) is 10.9 Å². The van der Waals surface area contributed by atoms with E-state index in [0.717, 1.165) is 10.6 Å². The molecule has 0 atom stereocenters. The molecule has 0 aliphatic carbocycles. The quantitative estimate of drug-likeness (QED) is 0.385. The van der Waals surface area contributed by atoms with Gasteiger partial charge in [-0.05, 0) is 31.4 Å². The molecular formula is C18H17N7O3S. The van der Waals surface area contributed by atoms with Crippen LogP contribution in [0.15, 0.2) is 36.0 Å². The van der Waals surface area contributed by atoms with Crippen molar-refractivity contribution < 1.29 is 9.72 Å². The van der Waals surface area contributed by atoms with E-state index in [1.807, 2.05) is 23.6 Å². The normalized spacial score (nSPS) is 11.1. The summed E-state index contributed by atoms with van der Waals surface area (Å²) in [5, 5.41) is 24.4. The van der Waals surface area contributed by atoms with E-state index in [1.54, 1.807) is 35.9 Å². The highest BCUT2D eigenvalue weighted by Crippen LogP contribution is 2.25. The van der Waals surface area contributed by atoms with Crippen molar-refractivity contribution >= 4 is 28.6 Å². The standard InChI is InChI=1S/C18H17N7O3S/c1-11-16(25(27)28)12(2)23(22-11)8-7-20-18(26)13-10-21-24-14(5-6-19-17(13)24)15-4-3-9-29-15/h3-6,9-10H,7-8H2,1-2H3,(H,20,26). The van der Waals surface area contributed by atoms with Crippen molar-refractivity contribution in [3.8, 4) is 10.6 Å². The molecule has 29 heavy (non-hydrogen) atoms. The first-order valence-electron chi connectivity index (χ1n) is 8.80. The average Bonchev–Trinajstić information content (AvgIpc) is 3.41. The van der Waals surface area contributed by atoms with Crippen LogP contribution in [0.5, 0.6) is 0 Å². The first kappa shape index (κ1) is 18.7. The summed E-state index contributed by atoms with van der Waals surface area (Å²) in [5.41, 5.74) is 2.51. The summed E-state index contributed by atoms with van der Waals surface area (Å²) in [6, 6.07) is 5.78. The van der Waals surface area contributed by atoms with Crippen LogP contribution >= 0.6 is 11.3 Å². The summed E-state index contributed by atoms with van der Waals surface area (Å²) in [7, 11) is 0. The number of hydrogen-bond acceptors (Lipinski definition) is 7. The second-order valence-electron chi connectivity index (χ2n) is 6.36. The van der Waals surface area contributed by atoms with Gasteiger partial charge in [-0.1, -0.05) is 6.07 Å². The molecule has 0 aromatic carbocycles. The maximum atomic E-state index is 12.6. The predicted octanol–water partition coefficient (Wildman–Crippen LogP) is 2.61. The highest BCUT2D eigenvalue weighted by atomic mass is 32.1. The fourth-order valence-electron chi connectivity index (χ4n) is 3.20. The Hall–Kier alpha value is -3.60. The van der Waals surface area contributed by atoms with Gasteiger partial charge in [0.2, 0.25) is 0 Å². The molecule has 4 aromatic rings. The van der Waals surface area contributed by atoms with Gasteiger partial charge in [0.05, 0.1) is 28.2 Å². The number of fused-ring (bicyclic) bond motifs is 1.